The third kappa shape index (κ3) is 3.78. The van der Waals surface area contributed by atoms with Gasteiger partial charge < -0.3 is 15.4 Å². The number of hydrogen-bond acceptors (Lipinski definition) is 3. The summed E-state index contributed by atoms with van der Waals surface area (Å²) in [5, 5.41) is 0. The van der Waals surface area contributed by atoms with Crippen molar-refractivity contribution in [3.8, 4) is 0 Å². The van der Waals surface area contributed by atoms with Crippen LogP contribution in [0.15, 0.2) is 30.3 Å². The summed E-state index contributed by atoms with van der Waals surface area (Å²) < 4.78 is 5.34. The molecule has 1 aliphatic heterocycles. The summed E-state index contributed by atoms with van der Waals surface area (Å²) in [4.78, 5) is 14.1. The molecule has 104 valence electrons. The molecule has 4 nitrogen and oxygen atoms in total. The van der Waals surface area contributed by atoms with E-state index in [0.29, 0.717) is 32.6 Å². The van der Waals surface area contributed by atoms with Gasteiger partial charge >= 0.3 is 0 Å². The highest BCUT2D eigenvalue weighted by molar-refractivity contribution is 5.76. The third-order valence-electron chi connectivity index (χ3n) is 3.58. The number of morpholine rings is 1. The Kier molecular flexibility index (Phi) is 4.93. The second-order valence-electron chi connectivity index (χ2n) is 5.07. The maximum absolute atomic E-state index is 12.2. The SMILES string of the molecule is CC1COCCN1C(=O)CCC(N)c1ccccc1. The number of ether oxygens (including phenoxy) is 1. The Bertz CT molecular complexity index is 408. The van der Waals surface area contributed by atoms with Crippen molar-refractivity contribution in [1.29, 1.82) is 0 Å². The molecule has 1 fully saturated rings. The molecule has 1 aromatic carbocycles. The van der Waals surface area contributed by atoms with Gasteiger partial charge in [0.25, 0.3) is 0 Å². The smallest absolute Gasteiger partial charge is 0.223 e. The van der Waals surface area contributed by atoms with Crippen molar-refractivity contribution in [3.63, 3.8) is 0 Å². The van der Waals surface area contributed by atoms with Gasteiger partial charge in [0, 0.05) is 19.0 Å². The van der Waals surface area contributed by atoms with Crippen LogP contribution >= 0.6 is 0 Å². The number of benzene rings is 1. The van der Waals surface area contributed by atoms with E-state index < -0.39 is 0 Å². The predicted octanol–water partition coefficient (Wildman–Crippen LogP) is 1.71. The molecule has 2 atom stereocenters. The molecule has 0 bridgehead atoms. The van der Waals surface area contributed by atoms with Gasteiger partial charge in [-0.3, -0.25) is 4.79 Å². The third-order valence-corrected chi connectivity index (χ3v) is 3.58. The Morgan fingerprint density at radius 2 is 2.21 bits per heavy atom. The van der Waals surface area contributed by atoms with Crippen LogP contribution in [0.2, 0.25) is 0 Å². The lowest BCUT2D eigenvalue weighted by Crippen LogP contribution is -2.47. The van der Waals surface area contributed by atoms with Crippen LogP contribution in [0.1, 0.15) is 31.4 Å². The number of carbonyl (C=O) groups is 1. The minimum Gasteiger partial charge on any atom is -0.377 e. The number of nitrogens with two attached hydrogens (primary N) is 1. The van der Waals surface area contributed by atoms with Crippen LogP contribution in [0.3, 0.4) is 0 Å². The Hall–Kier alpha value is -1.39. The number of hydrogen-bond donors (Lipinski definition) is 1. The molecular formula is C15H22N2O2. The first kappa shape index (κ1) is 14.0. The summed E-state index contributed by atoms with van der Waals surface area (Å²) in [6, 6.07) is 10.0. The van der Waals surface area contributed by atoms with Gasteiger partial charge in [-0.1, -0.05) is 30.3 Å². The van der Waals surface area contributed by atoms with Crippen molar-refractivity contribution in [2.24, 2.45) is 5.73 Å². The Morgan fingerprint density at radius 1 is 1.47 bits per heavy atom. The molecule has 0 aliphatic carbocycles. The first-order valence-corrected chi connectivity index (χ1v) is 6.86. The van der Waals surface area contributed by atoms with Crippen molar-refractivity contribution >= 4 is 5.91 Å². The molecule has 1 amide bonds. The van der Waals surface area contributed by atoms with E-state index in [1.807, 2.05) is 42.2 Å². The standard InChI is InChI=1S/C15H22N2O2/c1-12-11-19-10-9-17(12)15(18)8-7-14(16)13-5-3-2-4-6-13/h2-6,12,14H,7-11,16H2,1H3. The zero-order chi connectivity index (χ0) is 13.7. The average Bonchev–Trinajstić information content (AvgIpc) is 2.46. The summed E-state index contributed by atoms with van der Waals surface area (Å²) in [5.74, 6) is 0.183. The second-order valence-corrected chi connectivity index (χ2v) is 5.07. The molecule has 2 N–H and O–H groups in total. The largest absolute Gasteiger partial charge is 0.377 e. The van der Waals surface area contributed by atoms with Gasteiger partial charge in [-0.15, -0.1) is 0 Å². The number of carbonyl (C=O) groups excluding carboxylic acids is 1. The van der Waals surface area contributed by atoms with E-state index in [-0.39, 0.29) is 18.0 Å². The highest BCUT2D eigenvalue weighted by Crippen LogP contribution is 2.17. The van der Waals surface area contributed by atoms with E-state index in [4.69, 9.17) is 10.5 Å². The van der Waals surface area contributed by atoms with Crippen LogP contribution in [0.5, 0.6) is 0 Å². The topological polar surface area (TPSA) is 55.6 Å². The molecule has 4 heteroatoms. The van der Waals surface area contributed by atoms with Crippen molar-refractivity contribution in [3.05, 3.63) is 35.9 Å². The minimum atomic E-state index is -0.0681. The summed E-state index contributed by atoms with van der Waals surface area (Å²) >= 11 is 0. The fraction of sp³-hybridized carbons (Fsp3) is 0.533. The van der Waals surface area contributed by atoms with Crippen molar-refractivity contribution < 1.29 is 9.53 Å². The molecule has 1 heterocycles. The van der Waals surface area contributed by atoms with Gasteiger partial charge in [-0.25, -0.2) is 0 Å². The minimum absolute atomic E-state index is 0.0681. The first-order valence-electron chi connectivity index (χ1n) is 6.86. The van der Waals surface area contributed by atoms with Crippen LogP contribution in [-0.2, 0) is 9.53 Å². The van der Waals surface area contributed by atoms with E-state index in [1.165, 1.54) is 0 Å². The van der Waals surface area contributed by atoms with E-state index in [1.54, 1.807) is 0 Å². The zero-order valence-electron chi connectivity index (χ0n) is 11.4. The lowest BCUT2D eigenvalue weighted by molar-refractivity contribution is -0.139. The van der Waals surface area contributed by atoms with E-state index in [9.17, 15) is 4.79 Å². The highest BCUT2D eigenvalue weighted by Gasteiger charge is 2.23. The lowest BCUT2D eigenvalue weighted by Gasteiger charge is -2.33. The maximum atomic E-state index is 12.2. The molecule has 0 radical (unpaired) electrons. The van der Waals surface area contributed by atoms with Crippen LogP contribution in [0, 0.1) is 0 Å². The van der Waals surface area contributed by atoms with Gasteiger partial charge in [0.2, 0.25) is 5.91 Å². The fourth-order valence-corrected chi connectivity index (χ4v) is 2.39. The van der Waals surface area contributed by atoms with Crippen molar-refractivity contribution in [1.82, 2.24) is 4.90 Å². The van der Waals surface area contributed by atoms with Gasteiger partial charge in [0.15, 0.2) is 0 Å². The lowest BCUT2D eigenvalue weighted by atomic mass is 10.0. The molecule has 0 aromatic heterocycles. The molecule has 1 aliphatic rings. The highest BCUT2D eigenvalue weighted by atomic mass is 16.5. The maximum Gasteiger partial charge on any atom is 0.223 e. The van der Waals surface area contributed by atoms with Crippen LogP contribution < -0.4 is 5.73 Å². The molecular weight excluding hydrogens is 240 g/mol. The molecule has 1 saturated heterocycles. The fourth-order valence-electron chi connectivity index (χ4n) is 2.39. The van der Waals surface area contributed by atoms with E-state index in [2.05, 4.69) is 0 Å². The van der Waals surface area contributed by atoms with Gasteiger partial charge in [-0.2, -0.15) is 0 Å². The van der Waals surface area contributed by atoms with Gasteiger partial charge in [0.05, 0.1) is 19.3 Å². The van der Waals surface area contributed by atoms with Gasteiger partial charge in [0.1, 0.15) is 0 Å². The Labute approximate surface area is 114 Å². The molecule has 2 unspecified atom stereocenters. The number of rotatable bonds is 4. The quantitative estimate of drug-likeness (QED) is 0.898. The Morgan fingerprint density at radius 3 is 2.89 bits per heavy atom. The van der Waals surface area contributed by atoms with Crippen molar-refractivity contribution in [2.75, 3.05) is 19.8 Å². The van der Waals surface area contributed by atoms with Crippen LogP contribution in [0.4, 0.5) is 0 Å². The predicted molar refractivity (Wildman–Crippen MR) is 74.6 cm³/mol. The first-order chi connectivity index (χ1) is 9.18. The molecule has 0 spiro atoms. The van der Waals surface area contributed by atoms with Crippen molar-refractivity contribution in [2.45, 2.75) is 31.8 Å². The van der Waals surface area contributed by atoms with Crippen LogP contribution in [0.25, 0.3) is 0 Å². The monoisotopic (exact) mass is 262 g/mol. The van der Waals surface area contributed by atoms with Gasteiger partial charge in [-0.05, 0) is 18.9 Å². The molecule has 2 rings (SSSR count). The number of amides is 1. The molecule has 19 heavy (non-hydrogen) atoms. The zero-order valence-corrected chi connectivity index (χ0v) is 11.4. The molecule has 1 aromatic rings. The normalized spacial score (nSPS) is 21.2. The summed E-state index contributed by atoms with van der Waals surface area (Å²) in [5.41, 5.74) is 7.20. The van der Waals surface area contributed by atoms with E-state index in [0.717, 1.165) is 5.56 Å². The average molecular weight is 262 g/mol. The molecule has 0 saturated carbocycles. The second kappa shape index (κ2) is 6.68. The Balaban J connectivity index is 1.83. The summed E-state index contributed by atoms with van der Waals surface area (Å²) in [6.45, 7) is 3.99. The number of nitrogens with zero attached hydrogens (tertiary/aromatic N) is 1. The summed E-state index contributed by atoms with van der Waals surface area (Å²) in [7, 11) is 0. The summed E-state index contributed by atoms with van der Waals surface area (Å²) in [6.07, 6.45) is 1.19. The van der Waals surface area contributed by atoms with E-state index >= 15 is 0 Å². The van der Waals surface area contributed by atoms with Crippen LogP contribution in [-0.4, -0.2) is 36.6 Å².